The summed E-state index contributed by atoms with van der Waals surface area (Å²) < 4.78 is 263. The number of hydrogen-bond acceptors (Lipinski definition) is 3. The number of fused-ring (bicyclic) bond motifs is 19. The average Bonchev–Trinajstić information content (AvgIpc) is 1.22. The summed E-state index contributed by atoms with van der Waals surface area (Å²) in [7, 11) is 5.00. The first kappa shape index (κ1) is 59.3. The van der Waals surface area contributed by atoms with E-state index >= 15 is 0 Å². The van der Waals surface area contributed by atoms with E-state index in [2.05, 4.69) is 152 Å². The molecule has 3 aromatic heterocycles. The molecule has 0 unspecified atom stereocenters. The fourth-order valence-corrected chi connectivity index (χ4v) is 19.6. The lowest BCUT2D eigenvalue weighted by Gasteiger charge is -2.17. The first-order valence-corrected chi connectivity index (χ1v) is 44.0. The van der Waals surface area contributed by atoms with Crippen LogP contribution in [0.2, 0.25) is 0 Å². The Hall–Kier alpha value is -17.0. The molecule has 27 rings (SSSR count). The molecule has 0 saturated heterocycles. The molecule has 0 saturated carbocycles. The third-order valence-electron chi connectivity index (χ3n) is 25.5. The Morgan fingerprint density at radius 2 is 0.437 bits per heavy atom. The van der Waals surface area contributed by atoms with Crippen molar-refractivity contribution >= 4 is 163 Å². The monoisotopic (exact) mass is 1790 g/mol. The first-order chi connectivity index (χ1) is 83.6. The van der Waals surface area contributed by atoms with Crippen molar-refractivity contribution < 1.29 is 64.4 Å². The minimum atomic E-state index is -0.429. The van der Waals surface area contributed by atoms with Gasteiger partial charge in [0.15, 0.2) is 0 Å². The Bertz CT molecular complexity index is 10100. The van der Waals surface area contributed by atoms with Gasteiger partial charge in [-0.1, -0.05) is 437 Å². The maximum Gasteiger partial charge on any atom is 0.136 e. The van der Waals surface area contributed by atoms with Crippen LogP contribution < -0.4 is 0 Å². The van der Waals surface area contributed by atoms with Crippen LogP contribution in [0.4, 0.5) is 0 Å². The number of benzene rings is 24. The smallest absolute Gasteiger partial charge is 0.136 e. The van der Waals surface area contributed by atoms with Crippen molar-refractivity contribution in [2.45, 2.75) is 43.5 Å². The summed E-state index contributed by atoms with van der Waals surface area (Å²) in [4.78, 5) is 0. The Labute approximate surface area is 840 Å². The van der Waals surface area contributed by atoms with E-state index in [1.807, 2.05) is 184 Å². The van der Waals surface area contributed by atoms with Gasteiger partial charge >= 0.3 is 0 Å². The summed E-state index contributed by atoms with van der Waals surface area (Å²) in [5.74, 6) is 0. The van der Waals surface area contributed by atoms with E-state index in [0.29, 0.717) is 44.2 Å². The SMILES string of the molecule is CC.[2H]C.[2H]C.[2H]C.[2H]C.[2H][2H].[2H][2H].[2H][2H].[2H][2H].[2H][2H].[2H][2H].[2H][2H].[2H][2H].[2H]c1c([2H])c([2H])c2c(-c3ccc4oc5cc(-c6ccc7c(ccc8ccccc87)c6)ccc5c4c3)c3c([2H])c([2H])c([2H])c([2H])c3c(-c3ccccc3)c2c1[2H].[2H]c1c([2H])c([2H])c2c(-c3ccc4oc5ccc(-c6ccccc6)cc5c4c3)c3ccccc3c(-c3ccccc3)c2c1[2H].[2H]c1cc2c(-c3ccccc3)c3cc([2H])c([2H])cc3c(-c3ccc4oc5cc(-c6cccc7ccccc67)ccc5c4c3)c2cc1[2H]. The quantitative estimate of drug-likeness (QED) is 0.107. The molecular formula is C132H116O3. The lowest BCUT2D eigenvalue weighted by Crippen LogP contribution is -1.90. The van der Waals surface area contributed by atoms with Crippen molar-refractivity contribution in [3.05, 3.63) is 473 Å². The molecule has 662 valence electrons. The first-order valence-electron chi connectivity index (χ1n) is 64.0. The second-order valence-corrected chi connectivity index (χ2v) is 32.6. The molecule has 0 fully saturated rings. The lowest BCUT2D eigenvalue weighted by atomic mass is 9.86. The van der Waals surface area contributed by atoms with E-state index < -0.39 is 24.2 Å². The van der Waals surface area contributed by atoms with E-state index in [1.165, 1.54) is 56.5 Å². The highest BCUT2D eigenvalue weighted by Gasteiger charge is 2.24. The largest absolute Gasteiger partial charge is 0.456 e. The van der Waals surface area contributed by atoms with E-state index in [0.717, 1.165) is 170 Å². The van der Waals surface area contributed by atoms with Gasteiger partial charge in [0, 0.05) is 61.6 Å². The third kappa shape index (κ3) is 15.0. The molecule has 0 radical (unpaired) electrons. The van der Waals surface area contributed by atoms with Crippen molar-refractivity contribution in [1.29, 1.82) is 0 Å². The fraction of sp³-hybridized carbons (Fsp3) is 0.0455. The highest BCUT2D eigenvalue weighted by molar-refractivity contribution is 6.26. The van der Waals surface area contributed by atoms with Gasteiger partial charge in [-0.25, -0.2) is 0 Å². The van der Waals surface area contributed by atoms with Gasteiger partial charge in [0.25, 0.3) is 0 Å². The third-order valence-corrected chi connectivity index (χ3v) is 25.5. The zero-order valence-corrected chi connectivity index (χ0v) is 75.0. The minimum Gasteiger partial charge on any atom is -0.456 e. The number of furan rings is 3. The number of hydrogen-bond donors (Lipinski definition) is 0. The van der Waals surface area contributed by atoms with Crippen LogP contribution in [0.1, 0.15) is 94.6 Å². The van der Waals surface area contributed by atoms with Gasteiger partial charge in [-0.15, -0.1) is 0 Å². The Balaban J connectivity index is 0.000000205. The van der Waals surface area contributed by atoms with Gasteiger partial charge < -0.3 is 13.3 Å². The van der Waals surface area contributed by atoms with Crippen molar-refractivity contribution in [3.8, 4) is 100 Å². The maximum atomic E-state index is 9.23. The topological polar surface area (TPSA) is 39.4 Å². The van der Waals surface area contributed by atoms with Gasteiger partial charge in [0.1, 0.15) is 33.5 Å². The van der Waals surface area contributed by atoms with Crippen LogP contribution in [0.3, 0.4) is 0 Å². The second kappa shape index (κ2) is 36.4. The van der Waals surface area contributed by atoms with Crippen LogP contribution in [0.15, 0.2) is 486 Å². The fourth-order valence-electron chi connectivity index (χ4n) is 19.6. The molecule has 0 N–H and O–H groups in total. The predicted octanol–water partition coefficient (Wildman–Crippen LogP) is 41.7. The summed E-state index contributed by atoms with van der Waals surface area (Å²) in [6.07, 6.45) is 0. The van der Waals surface area contributed by atoms with Crippen molar-refractivity contribution in [2.75, 3.05) is 0 Å². The molecule has 0 spiro atoms. The molecule has 0 aliphatic rings. The summed E-state index contributed by atoms with van der Waals surface area (Å²) >= 11 is 0. The minimum absolute atomic E-state index is 0.0378. The summed E-state index contributed by atoms with van der Waals surface area (Å²) in [5, 5.41) is 19.6. The molecule has 3 heterocycles. The highest BCUT2D eigenvalue weighted by Crippen LogP contribution is 2.51. The zero-order valence-electron chi connectivity index (χ0n) is 111. The van der Waals surface area contributed by atoms with Crippen LogP contribution in [0.25, 0.3) is 263 Å². The van der Waals surface area contributed by atoms with E-state index in [1.54, 1.807) is 54.6 Å². The van der Waals surface area contributed by atoms with E-state index in [9.17, 15) is 2.74 Å². The second-order valence-electron chi connectivity index (χ2n) is 32.6. The summed E-state index contributed by atoms with van der Waals surface area (Å²) in [6, 6.07) is 122. The van der Waals surface area contributed by atoms with Gasteiger partial charge in [-0.2, -0.15) is 0 Å². The molecule has 0 aliphatic heterocycles. The summed E-state index contributed by atoms with van der Waals surface area (Å²) in [6.45, 7) is 4.00. The Morgan fingerprint density at radius 1 is 0.170 bits per heavy atom. The van der Waals surface area contributed by atoms with Crippen molar-refractivity contribution in [1.82, 2.24) is 0 Å². The zero-order chi connectivity index (χ0) is 125. The molecule has 0 amide bonds. The van der Waals surface area contributed by atoms with Gasteiger partial charge in [-0.3, -0.25) is 0 Å². The standard InChI is InChI=1S/C46H28O.C42H26O.C38H24O.C2H6.4CH4.8H2/c1-2-11-30(12-3-1)45-38-14-6-8-16-40(38)46(41-17-9-7-15-39(41)45)34-22-25-43-42(27-34)37-24-21-32(28-44(37)47-43)31-20-23-36-33(26-31)19-18-29-10-4-5-13-35(29)36;1-2-12-28(13-3-1)41-34-16-6-8-18-36(34)42(37-19-9-7-17-35(37)41)30-22-24-39-38(25-30)33-23-21-29(26-40(33)43-39)32-20-10-14-27-11-4-5-15-31(27)32;1-3-11-25(12-4-1)27-19-21-35-33(23-27)34-24-28(20-22-36(34)39-35)38-31-17-9-7-15-29(31)37(26-13-5-2-6-14-26)30-16-8-10-18-32(30)38;1-2;;;;;;;;;;;;/h1-28H;1-26H;1-24H;1-2H3;4*1H4;8*1H/i6D,7D,8D,9D,14D,15D,16D,17D;6D,7D,8D,9D;7D,9D,15D,17D;;4*1D;8*1+1D. The Morgan fingerprint density at radius 3 is 0.889 bits per heavy atom. The molecule has 3 nitrogen and oxygen atoms in total. The molecular weight excluding hydrogens is 1630 g/mol. The van der Waals surface area contributed by atoms with Crippen LogP contribution in [0.5, 0.6) is 0 Å². The highest BCUT2D eigenvalue weighted by atomic mass is 16.3. The van der Waals surface area contributed by atoms with Crippen LogP contribution >= 0.6 is 0 Å². The molecule has 3 heteroatoms. The van der Waals surface area contributed by atoms with Gasteiger partial charge in [0.2, 0.25) is 0 Å². The van der Waals surface area contributed by atoms with E-state index in [4.69, 9.17) is 61.7 Å². The molecule has 0 bridgehead atoms. The molecule has 0 atom stereocenters. The maximum absolute atomic E-state index is 9.23. The molecule has 24 aromatic carbocycles. The van der Waals surface area contributed by atoms with Crippen LogP contribution in [-0.2, 0) is 0 Å². The van der Waals surface area contributed by atoms with Crippen molar-refractivity contribution in [2.24, 2.45) is 0 Å². The van der Waals surface area contributed by atoms with Gasteiger partial charge in [0.05, 0.1) is 21.9 Å². The van der Waals surface area contributed by atoms with Crippen LogP contribution in [-0.4, -0.2) is 0 Å². The normalized spacial score (nSPS) is 13.6. The van der Waals surface area contributed by atoms with Crippen LogP contribution in [0, 0.1) is 0 Å². The van der Waals surface area contributed by atoms with Gasteiger partial charge in [-0.05, 0) is 276 Å². The molecule has 27 aromatic rings. The Kier molecular flexibility index (Phi) is 16.0. The average molecular weight is 1790 g/mol. The predicted molar refractivity (Wildman–Crippen MR) is 603 cm³/mol. The molecule has 135 heavy (non-hydrogen) atoms. The molecule has 0 aliphatic carbocycles. The van der Waals surface area contributed by atoms with Crippen molar-refractivity contribution in [3.63, 3.8) is 0 Å². The number of rotatable bonds is 9. The lowest BCUT2D eigenvalue weighted by molar-refractivity contribution is 0.668. The summed E-state index contributed by atoms with van der Waals surface area (Å²) in [5.41, 5.74) is 19.7. The van der Waals surface area contributed by atoms with E-state index in [-0.39, 0.29) is 94.1 Å².